The largest absolute Gasteiger partial charge is 0.325 e. The van der Waals surface area contributed by atoms with Crippen LogP contribution in [0.2, 0.25) is 0 Å². The second kappa shape index (κ2) is 5.80. The van der Waals surface area contributed by atoms with Crippen molar-refractivity contribution in [3.05, 3.63) is 36.5 Å². The van der Waals surface area contributed by atoms with E-state index < -0.39 is 5.91 Å². The summed E-state index contributed by atoms with van der Waals surface area (Å²) in [6.45, 7) is -0.244. The molecule has 22 heavy (non-hydrogen) atoms. The summed E-state index contributed by atoms with van der Waals surface area (Å²) >= 11 is 0. The molecule has 0 radical (unpaired) electrons. The number of H-pyrrole nitrogens is 1. The number of aromatic nitrogens is 2. The van der Waals surface area contributed by atoms with Crippen molar-refractivity contribution in [2.24, 2.45) is 0 Å². The highest BCUT2D eigenvalue weighted by molar-refractivity contribution is 6.06. The van der Waals surface area contributed by atoms with Crippen molar-refractivity contribution in [1.29, 1.82) is 0 Å². The van der Waals surface area contributed by atoms with Gasteiger partial charge in [-0.05, 0) is 18.2 Å². The number of rotatable bonds is 4. The highest BCUT2D eigenvalue weighted by Gasteiger charge is 2.30. The molecule has 1 fully saturated rings. The first kappa shape index (κ1) is 14.0. The number of nitrogens with one attached hydrogen (secondary N) is 2. The first-order valence-electron chi connectivity index (χ1n) is 6.86. The zero-order valence-electron chi connectivity index (χ0n) is 11.7. The fraction of sp³-hybridized carbons (Fsp3) is 0.200. The van der Waals surface area contributed by atoms with E-state index in [0.717, 1.165) is 16.2 Å². The summed E-state index contributed by atoms with van der Waals surface area (Å²) in [6, 6.07) is 9.04. The number of carbonyl (C=O) groups excluding carboxylic acids is 3. The van der Waals surface area contributed by atoms with E-state index in [1.165, 1.54) is 0 Å². The Balaban J connectivity index is 1.68. The van der Waals surface area contributed by atoms with Gasteiger partial charge in [0.2, 0.25) is 17.7 Å². The summed E-state index contributed by atoms with van der Waals surface area (Å²) in [7, 11) is 0. The average Bonchev–Trinajstić information content (AvgIpc) is 3.13. The van der Waals surface area contributed by atoms with E-state index in [1.54, 1.807) is 24.4 Å². The number of carbonyl (C=O) groups is 3. The molecule has 0 bridgehead atoms. The van der Waals surface area contributed by atoms with Crippen molar-refractivity contribution >= 4 is 23.4 Å². The highest BCUT2D eigenvalue weighted by atomic mass is 16.2. The summed E-state index contributed by atoms with van der Waals surface area (Å²) < 4.78 is 0. The Morgan fingerprint density at radius 3 is 2.68 bits per heavy atom. The maximum Gasteiger partial charge on any atom is 0.244 e. The van der Waals surface area contributed by atoms with Gasteiger partial charge in [-0.3, -0.25) is 24.4 Å². The van der Waals surface area contributed by atoms with Crippen molar-refractivity contribution in [3.63, 3.8) is 0 Å². The number of anilines is 1. The van der Waals surface area contributed by atoms with Crippen molar-refractivity contribution < 1.29 is 14.4 Å². The first-order chi connectivity index (χ1) is 10.6. The van der Waals surface area contributed by atoms with Gasteiger partial charge < -0.3 is 5.32 Å². The van der Waals surface area contributed by atoms with Crippen LogP contribution in [-0.4, -0.2) is 39.4 Å². The van der Waals surface area contributed by atoms with Gasteiger partial charge in [-0.25, -0.2) is 0 Å². The van der Waals surface area contributed by atoms with Crippen LogP contribution in [0, 0.1) is 0 Å². The third-order valence-electron chi connectivity index (χ3n) is 3.41. The molecule has 112 valence electrons. The number of hydrogen-bond donors (Lipinski definition) is 2. The molecule has 1 aliphatic rings. The van der Waals surface area contributed by atoms with Gasteiger partial charge in [0.05, 0.1) is 5.69 Å². The molecule has 0 atom stereocenters. The number of nitrogens with zero attached hydrogens (tertiary/aromatic N) is 2. The van der Waals surface area contributed by atoms with Crippen LogP contribution >= 0.6 is 0 Å². The molecule has 0 aliphatic carbocycles. The van der Waals surface area contributed by atoms with E-state index in [9.17, 15) is 14.4 Å². The molecular weight excluding hydrogens is 284 g/mol. The van der Waals surface area contributed by atoms with Crippen LogP contribution in [0.25, 0.3) is 11.3 Å². The number of likely N-dealkylation sites (tertiary alicyclic amines) is 1. The standard InChI is InChI=1S/C15H14N4O3/c20-13(9-19-14(21)4-5-15(19)22)17-11-3-1-2-10(8-11)12-6-7-16-18-12/h1-3,6-8H,4-5,9H2,(H,16,18)(H,17,20). The van der Waals surface area contributed by atoms with Crippen molar-refractivity contribution in [2.75, 3.05) is 11.9 Å². The van der Waals surface area contributed by atoms with E-state index in [0.29, 0.717) is 5.69 Å². The van der Waals surface area contributed by atoms with Gasteiger partial charge in [0.1, 0.15) is 6.54 Å². The SMILES string of the molecule is O=C(CN1C(=O)CCC1=O)Nc1cccc(-c2ccn[nH]2)c1. The molecule has 0 unspecified atom stereocenters. The van der Waals surface area contributed by atoms with E-state index in [2.05, 4.69) is 15.5 Å². The summed E-state index contributed by atoms with van der Waals surface area (Å²) in [6.07, 6.45) is 2.01. The summed E-state index contributed by atoms with van der Waals surface area (Å²) in [5.41, 5.74) is 2.31. The highest BCUT2D eigenvalue weighted by Crippen LogP contribution is 2.20. The first-order valence-corrected chi connectivity index (χ1v) is 6.86. The van der Waals surface area contributed by atoms with E-state index in [1.807, 2.05) is 12.1 Å². The Morgan fingerprint density at radius 1 is 1.23 bits per heavy atom. The van der Waals surface area contributed by atoms with Crippen LogP contribution in [0.15, 0.2) is 36.5 Å². The van der Waals surface area contributed by atoms with Crippen LogP contribution in [0.1, 0.15) is 12.8 Å². The third-order valence-corrected chi connectivity index (χ3v) is 3.41. The van der Waals surface area contributed by atoms with Crippen LogP contribution < -0.4 is 5.32 Å². The van der Waals surface area contributed by atoms with Crippen LogP contribution in [0.5, 0.6) is 0 Å². The molecule has 1 aromatic heterocycles. The van der Waals surface area contributed by atoms with Gasteiger partial charge in [0.15, 0.2) is 0 Å². The molecular formula is C15H14N4O3. The fourth-order valence-electron chi connectivity index (χ4n) is 2.32. The molecule has 0 spiro atoms. The van der Waals surface area contributed by atoms with Gasteiger partial charge in [-0.1, -0.05) is 12.1 Å². The Bertz CT molecular complexity index is 708. The molecule has 0 saturated carbocycles. The predicted octanol–water partition coefficient (Wildman–Crippen LogP) is 1.16. The average molecular weight is 298 g/mol. The maximum absolute atomic E-state index is 12.0. The summed E-state index contributed by atoms with van der Waals surface area (Å²) in [4.78, 5) is 36.0. The number of imide groups is 1. The second-order valence-electron chi connectivity index (χ2n) is 4.97. The van der Waals surface area contributed by atoms with Crippen molar-refractivity contribution in [2.45, 2.75) is 12.8 Å². The number of hydrogen-bond acceptors (Lipinski definition) is 4. The molecule has 2 aromatic rings. The molecule has 1 saturated heterocycles. The van der Waals surface area contributed by atoms with Crippen LogP contribution in [-0.2, 0) is 14.4 Å². The molecule has 1 aliphatic heterocycles. The number of benzene rings is 1. The Kier molecular flexibility index (Phi) is 3.69. The smallest absolute Gasteiger partial charge is 0.244 e. The van der Waals surface area contributed by atoms with Gasteiger partial charge >= 0.3 is 0 Å². The van der Waals surface area contributed by atoms with Gasteiger partial charge in [0, 0.05) is 30.3 Å². The van der Waals surface area contributed by atoms with E-state index in [4.69, 9.17) is 0 Å². The molecule has 3 rings (SSSR count). The second-order valence-corrected chi connectivity index (χ2v) is 4.97. The lowest BCUT2D eigenvalue weighted by atomic mass is 10.1. The minimum atomic E-state index is -0.398. The molecule has 7 heteroatoms. The monoisotopic (exact) mass is 298 g/mol. The number of aromatic amines is 1. The van der Waals surface area contributed by atoms with Crippen LogP contribution in [0.3, 0.4) is 0 Å². The van der Waals surface area contributed by atoms with Gasteiger partial charge in [-0.2, -0.15) is 5.10 Å². The zero-order valence-corrected chi connectivity index (χ0v) is 11.7. The molecule has 2 N–H and O–H groups in total. The molecule has 7 nitrogen and oxygen atoms in total. The maximum atomic E-state index is 12.0. The lowest BCUT2D eigenvalue weighted by molar-refractivity contribution is -0.141. The Morgan fingerprint density at radius 2 is 2.00 bits per heavy atom. The van der Waals surface area contributed by atoms with Gasteiger partial charge in [0.25, 0.3) is 0 Å². The van der Waals surface area contributed by atoms with Crippen molar-refractivity contribution in [1.82, 2.24) is 15.1 Å². The Hall–Kier alpha value is -2.96. The number of amides is 3. The predicted molar refractivity (Wildman–Crippen MR) is 78.6 cm³/mol. The van der Waals surface area contributed by atoms with Crippen molar-refractivity contribution in [3.8, 4) is 11.3 Å². The lowest BCUT2D eigenvalue weighted by Gasteiger charge is -2.13. The third kappa shape index (κ3) is 2.88. The Labute approximate surface area is 126 Å². The van der Waals surface area contributed by atoms with Gasteiger partial charge in [-0.15, -0.1) is 0 Å². The fourth-order valence-corrected chi connectivity index (χ4v) is 2.32. The van der Waals surface area contributed by atoms with E-state index >= 15 is 0 Å². The minimum Gasteiger partial charge on any atom is -0.325 e. The zero-order chi connectivity index (χ0) is 15.5. The molecule has 3 amide bonds. The molecule has 2 heterocycles. The normalized spacial score (nSPS) is 14.5. The summed E-state index contributed by atoms with van der Waals surface area (Å²) in [5.74, 6) is -0.997. The molecule has 1 aromatic carbocycles. The van der Waals surface area contributed by atoms with Crippen LogP contribution in [0.4, 0.5) is 5.69 Å². The minimum absolute atomic E-state index is 0.182. The topological polar surface area (TPSA) is 95.2 Å². The quantitative estimate of drug-likeness (QED) is 0.828. The summed E-state index contributed by atoms with van der Waals surface area (Å²) in [5, 5.41) is 9.42. The lowest BCUT2D eigenvalue weighted by Crippen LogP contribution is -2.36. The van der Waals surface area contributed by atoms with E-state index in [-0.39, 0.29) is 31.2 Å².